The number of fused-ring (bicyclic) bond motifs is 1. The van der Waals surface area contributed by atoms with Crippen LogP contribution in [-0.2, 0) is 6.42 Å². The Hall–Kier alpha value is -1.51. The van der Waals surface area contributed by atoms with Gasteiger partial charge in [0.1, 0.15) is 11.3 Å². The van der Waals surface area contributed by atoms with Gasteiger partial charge >= 0.3 is 5.97 Å². The number of aromatic carboxylic acids is 1. The topological polar surface area (TPSA) is 57.5 Å². The molecule has 3 rings (SSSR count). The van der Waals surface area contributed by atoms with E-state index < -0.39 is 5.97 Å². The molecule has 2 saturated carbocycles. The molecular formula is C15H20O3. The Balaban J connectivity index is 0.000000164. The predicted molar refractivity (Wildman–Crippen MR) is 69.9 cm³/mol. The molecule has 2 aliphatic rings. The number of hydrogen-bond donors (Lipinski definition) is 2. The Morgan fingerprint density at radius 2 is 2.00 bits per heavy atom. The highest BCUT2D eigenvalue weighted by atomic mass is 16.4. The molecule has 0 heterocycles. The zero-order valence-electron chi connectivity index (χ0n) is 10.7. The molecule has 0 aliphatic heterocycles. The quantitative estimate of drug-likeness (QED) is 0.842. The summed E-state index contributed by atoms with van der Waals surface area (Å²) < 4.78 is 0. The summed E-state index contributed by atoms with van der Waals surface area (Å²) in [4.78, 5) is 10.5. The highest BCUT2D eigenvalue weighted by Gasteiger charge is 2.40. The molecule has 0 amide bonds. The molecule has 3 nitrogen and oxygen atoms in total. The van der Waals surface area contributed by atoms with Gasteiger partial charge in [-0.05, 0) is 42.4 Å². The van der Waals surface area contributed by atoms with E-state index in [1.807, 2.05) is 6.92 Å². The van der Waals surface area contributed by atoms with Crippen molar-refractivity contribution in [3.05, 3.63) is 29.3 Å². The molecule has 0 saturated heterocycles. The van der Waals surface area contributed by atoms with Gasteiger partial charge in [-0.2, -0.15) is 0 Å². The number of hydrogen-bond acceptors (Lipinski definition) is 2. The van der Waals surface area contributed by atoms with Gasteiger partial charge in [-0.1, -0.05) is 32.3 Å². The number of aryl methyl sites for hydroxylation is 1. The van der Waals surface area contributed by atoms with E-state index in [9.17, 15) is 4.79 Å². The fourth-order valence-corrected chi connectivity index (χ4v) is 2.63. The summed E-state index contributed by atoms with van der Waals surface area (Å²) in [7, 11) is 0. The van der Waals surface area contributed by atoms with Crippen LogP contribution in [0.25, 0.3) is 0 Å². The number of rotatable bonds is 2. The average molecular weight is 248 g/mol. The molecule has 0 radical (unpaired) electrons. The molecule has 2 N–H and O–H groups in total. The molecule has 0 aromatic heterocycles. The number of aromatic hydroxyl groups is 1. The van der Waals surface area contributed by atoms with Gasteiger partial charge in [0, 0.05) is 0 Å². The van der Waals surface area contributed by atoms with Crippen molar-refractivity contribution in [1.29, 1.82) is 0 Å². The van der Waals surface area contributed by atoms with Gasteiger partial charge in [0.05, 0.1) is 0 Å². The maximum absolute atomic E-state index is 10.5. The van der Waals surface area contributed by atoms with Gasteiger partial charge in [-0.25, -0.2) is 4.79 Å². The third-order valence-corrected chi connectivity index (χ3v) is 3.92. The second-order valence-electron chi connectivity index (χ2n) is 5.20. The molecule has 3 heteroatoms. The predicted octanol–water partition coefficient (Wildman–Crippen LogP) is 3.46. The van der Waals surface area contributed by atoms with E-state index in [0.29, 0.717) is 0 Å². The highest BCUT2D eigenvalue weighted by molar-refractivity contribution is 5.90. The van der Waals surface area contributed by atoms with E-state index in [2.05, 4.69) is 0 Å². The van der Waals surface area contributed by atoms with Crippen molar-refractivity contribution >= 4 is 5.97 Å². The van der Waals surface area contributed by atoms with Crippen LogP contribution in [0.3, 0.4) is 0 Å². The van der Waals surface area contributed by atoms with Gasteiger partial charge in [-0.3, -0.25) is 0 Å². The summed E-state index contributed by atoms with van der Waals surface area (Å²) in [5.41, 5.74) is 0.875. The summed E-state index contributed by atoms with van der Waals surface area (Å²) in [5.74, 6) is 1.15. The minimum Gasteiger partial charge on any atom is -0.507 e. The number of carboxylic acid groups (broad SMARTS) is 1. The first kappa shape index (κ1) is 12.9. The van der Waals surface area contributed by atoms with Gasteiger partial charge < -0.3 is 10.2 Å². The first-order chi connectivity index (χ1) is 8.61. The molecule has 18 heavy (non-hydrogen) atoms. The fourth-order valence-electron chi connectivity index (χ4n) is 2.63. The number of benzene rings is 1. The third-order valence-electron chi connectivity index (χ3n) is 3.92. The minimum atomic E-state index is -1.09. The monoisotopic (exact) mass is 248 g/mol. The lowest BCUT2D eigenvalue weighted by Gasteiger charge is -2.01. The zero-order valence-corrected chi connectivity index (χ0v) is 10.7. The molecule has 0 bridgehead atoms. The Bertz CT molecular complexity index is 431. The first-order valence-corrected chi connectivity index (χ1v) is 6.67. The number of carboxylic acids is 1. The summed E-state index contributed by atoms with van der Waals surface area (Å²) in [6, 6.07) is 4.60. The van der Waals surface area contributed by atoms with Gasteiger partial charge in [0.2, 0.25) is 0 Å². The van der Waals surface area contributed by atoms with Crippen molar-refractivity contribution in [3.8, 4) is 5.75 Å². The molecule has 2 unspecified atom stereocenters. The first-order valence-electron chi connectivity index (χ1n) is 6.67. The van der Waals surface area contributed by atoms with Crippen molar-refractivity contribution in [3.63, 3.8) is 0 Å². The van der Waals surface area contributed by atoms with Crippen LogP contribution in [0.1, 0.15) is 48.5 Å². The maximum Gasteiger partial charge on any atom is 0.339 e. The standard InChI is InChI=1S/C9H10O3.C6H10/c1-2-6-3-4-8(10)7(5-6)9(11)12;1-2-5-4-6(5)3-1/h3-5,10H,2H2,1H3,(H,11,12);5-6H,1-4H2. The van der Waals surface area contributed by atoms with Crippen molar-refractivity contribution in [2.75, 3.05) is 0 Å². The van der Waals surface area contributed by atoms with Crippen molar-refractivity contribution < 1.29 is 15.0 Å². The normalized spacial score (nSPS) is 23.8. The summed E-state index contributed by atoms with van der Waals surface area (Å²) in [6.45, 7) is 1.93. The third kappa shape index (κ3) is 3.03. The van der Waals surface area contributed by atoms with Crippen LogP contribution in [0.2, 0.25) is 0 Å². The van der Waals surface area contributed by atoms with Crippen LogP contribution in [0.5, 0.6) is 5.75 Å². The number of carbonyl (C=O) groups is 1. The molecular weight excluding hydrogens is 228 g/mol. The maximum atomic E-state index is 10.5. The average Bonchev–Trinajstić information content (AvgIpc) is 2.97. The second-order valence-corrected chi connectivity index (χ2v) is 5.20. The zero-order chi connectivity index (χ0) is 13.1. The van der Waals surface area contributed by atoms with Crippen molar-refractivity contribution in [2.24, 2.45) is 11.8 Å². The lowest BCUT2D eigenvalue weighted by molar-refractivity contribution is 0.0693. The fraction of sp³-hybridized carbons (Fsp3) is 0.533. The van der Waals surface area contributed by atoms with E-state index in [-0.39, 0.29) is 11.3 Å². The van der Waals surface area contributed by atoms with Crippen LogP contribution in [0.15, 0.2) is 18.2 Å². The Morgan fingerprint density at radius 3 is 2.39 bits per heavy atom. The van der Waals surface area contributed by atoms with Gasteiger partial charge in [0.25, 0.3) is 0 Å². The highest BCUT2D eigenvalue weighted by Crippen LogP contribution is 2.51. The van der Waals surface area contributed by atoms with Gasteiger partial charge in [0.15, 0.2) is 0 Å². The van der Waals surface area contributed by atoms with E-state index in [0.717, 1.165) is 12.0 Å². The van der Waals surface area contributed by atoms with Crippen LogP contribution < -0.4 is 0 Å². The second kappa shape index (κ2) is 5.42. The molecule has 2 atom stereocenters. The van der Waals surface area contributed by atoms with Crippen LogP contribution in [-0.4, -0.2) is 16.2 Å². The summed E-state index contributed by atoms with van der Waals surface area (Å²) >= 11 is 0. The summed E-state index contributed by atoms with van der Waals surface area (Å²) in [5, 5.41) is 17.7. The smallest absolute Gasteiger partial charge is 0.339 e. The molecule has 1 aromatic rings. The molecule has 2 fully saturated rings. The molecule has 0 spiro atoms. The Morgan fingerprint density at radius 1 is 1.33 bits per heavy atom. The lowest BCUT2D eigenvalue weighted by Crippen LogP contribution is -1.97. The Labute approximate surface area is 107 Å². The summed E-state index contributed by atoms with van der Waals surface area (Å²) in [6.07, 6.45) is 7.01. The van der Waals surface area contributed by atoms with Crippen LogP contribution >= 0.6 is 0 Å². The SMILES string of the molecule is C1CC2CC2C1.CCc1ccc(O)c(C(=O)O)c1. The Kier molecular flexibility index (Phi) is 3.90. The van der Waals surface area contributed by atoms with Crippen molar-refractivity contribution in [1.82, 2.24) is 0 Å². The molecule has 2 aliphatic carbocycles. The van der Waals surface area contributed by atoms with Crippen LogP contribution in [0, 0.1) is 11.8 Å². The number of phenols is 1. The van der Waals surface area contributed by atoms with E-state index in [1.165, 1.54) is 30.4 Å². The van der Waals surface area contributed by atoms with E-state index in [1.54, 1.807) is 25.3 Å². The molecule has 1 aromatic carbocycles. The largest absolute Gasteiger partial charge is 0.507 e. The lowest BCUT2D eigenvalue weighted by atomic mass is 10.1. The van der Waals surface area contributed by atoms with Gasteiger partial charge in [-0.15, -0.1) is 0 Å². The van der Waals surface area contributed by atoms with Crippen molar-refractivity contribution in [2.45, 2.75) is 39.0 Å². The molecule has 98 valence electrons. The minimum absolute atomic E-state index is 0.0330. The van der Waals surface area contributed by atoms with E-state index >= 15 is 0 Å². The van der Waals surface area contributed by atoms with Crippen LogP contribution in [0.4, 0.5) is 0 Å². The van der Waals surface area contributed by atoms with E-state index in [4.69, 9.17) is 10.2 Å².